The molecule has 3 aliphatic rings. The summed E-state index contributed by atoms with van der Waals surface area (Å²) >= 11 is 0. The van der Waals surface area contributed by atoms with E-state index in [1.165, 1.54) is 51.7 Å². The second-order valence-corrected chi connectivity index (χ2v) is 6.23. The van der Waals surface area contributed by atoms with Crippen LogP contribution in [0.15, 0.2) is 0 Å². The Morgan fingerprint density at radius 3 is 2.24 bits per heavy atom. The van der Waals surface area contributed by atoms with Gasteiger partial charge in [0, 0.05) is 37.3 Å². The van der Waals surface area contributed by atoms with Gasteiger partial charge in [-0.05, 0) is 45.7 Å². The molecule has 3 heteroatoms. The second kappa shape index (κ2) is 4.87. The molecule has 0 aliphatic carbocycles. The third-order valence-corrected chi connectivity index (χ3v) is 5.25. The molecule has 0 aromatic carbocycles. The molecule has 0 aromatic heterocycles. The van der Waals surface area contributed by atoms with E-state index in [-0.39, 0.29) is 0 Å². The normalized spacial score (nSPS) is 38.6. The summed E-state index contributed by atoms with van der Waals surface area (Å²) in [5.74, 6) is 0. The zero-order valence-electron chi connectivity index (χ0n) is 11.4. The van der Waals surface area contributed by atoms with Crippen LogP contribution >= 0.6 is 0 Å². The minimum Gasteiger partial charge on any atom is -0.314 e. The average molecular weight is 237 g/mol. The molecule has 0 amide bonds. The minimum absolute atomic E-state index is 0.836. The van der Waals surface area contributed by atoms with Crippen LogP contribution in [-0.4, -0.2) is 60.6 Å². The van der Waals surface area contributed by atoms with Gasteiger partial charge in [-0.1, -0.05) is 6.92 Å². The Kier molecular flexibility index (Phi) is 3.42. The van der Waals surface area contributed by atoms with Gasteiger partial charge in [0.05, 0.1) is 0 Å². The van der Waals surface area contributed by atoms with Crippen molar-refractivity contribution in [1.29, 1.82) is 0 Å². The number of nitrogens with one attached hydrogen (secondary N) is 1. The Morgan fingerprint density at radius 1 is 1.12 bits per heavy atom. The fourth-order valence-electron chi connectivity index (χ4n) is 4.08. The van der Waals surface area contributed by atoms with Gasteiger partial charge >= 0.3 is 0 Å². The highest BCUT2D eigenvalue weighted by atomic mass is 15.3. The highest BCUT2D eigenvalue weighted by Crippen LogP contribution is 2.37. The molecule has 3 heterocycles. The molecule has 3 rings (SSSR count). The first kappa shape index (κ1) is 11.9. The average Bonchev–Trinajstić information content (AvgIpc) is 2.51. The molecule has 0 spiro atoms. The van der Waals surface area contributed by atoms with Gasteiger partial charge in [-0.25, -0.2) is 0 Å². The fraction of sp³-hybridized carbons (Fsp3) is 1.00. The van der Waals surface area contributed by atoms with Crippen LogP contribution in [0.3, 0.4) is 0 Å². The molecule has 1 N–H and O–H groups in total. The third-order valence-electron chi connectivity index (χ3n) is 5.25. The van der Waals surface area contributed by atoms with E-state index in [0.717, 1.165) is 24.2 Å². The summed E-state index contributed by atoms with van der Waals surface area (Å²) in [7, 11) is 2.34. The van der Waals surface area contributed by atoms with Gasteiger partial charge in [-0.15, -0.1) is 0 Å². The molecule has 98 valence electrons. The predicted molar refractivity (Wildman–Crippen MR) is 71.2 cm³/mol. The summed E-state index contributed by atoms with van der Waals surface area (Å²) in [6.07, 6.45) is 7.03. The third kappa shape index (κ3) is 2.13. The monoisotopic (exact) mass is 237 g/mol. The lowest BCUT2D eigenvalue weighted by molar-refractivity contribution is 0.0311. The minimum atomic E-state index is 0.836. The summed E-state index contributed by atoms with van der Waals surface area (Å²) in [5.41, 5.74) is 0. The lowest BCUT2D eigenvalue weighted by atomic mass is 9.94. The van der Waals surface area contributed by atoms with Gasteiger partial charge in [0.25, 0.3) is 0 Å². The van der Waals surface area contributed by atoms with E-state index >= 15 is 0 Å². The Hall–Kier alpha value is -0.120. The molecule has 2 unspecified atom stereocenters. The quantitative estimate of drug-likeness (QED) is 0.795. The number of hydrogen-bond donors (Lipinski definition) is 1. The van der Waals surface area contributed by atoms with Crippen molar-refractivity contribution < 1.29 is 0 Å². The lowest BCUT2D eigenvalue weighted by Crippen LogP contribution is -2.62. The van der Waals surface area contributed by atoms with Gasteiger partial charge in [-0.2, -0.15) is 0 Å². The zero-order valence-corrected chi connectivity index (χ0v) is 11.4. The number of fused-ring (bicyclic) bond motifs is 2. The van der Waals surface area contributed by atoms with Gasteiger partial charge in [0.15, 0.2) is 0 Å². The van der Waals surface area contributed by atoms with Crippen LogP contribution in [-0.2, 0) is 0 Å². The van der Waals surface area contributed by atoms with Crippen molar-refractivity contribution in [3.8, 4) is 0 Å². The smallest absolute Gasteiger partial charge is 0.0348 e. The number of piperidine rings is 1. The van der Waals surface area contributed by atoms with E-state index in [4.69, 9.17) is 0 Å². The summed E-state index contributed by atoms with van der Waals surface area (Å²) in [6, 6.07) is 3.47. The van der Waals surface area contributed by atoms with Gasteiger partial charge in [0.1, 0.15) is 0 Å². The SMILES string of the molecule is CCCN(C1CNC1)C1CC2CCC(C1)N2C. The Labute approximate surface area is 106 Å². The van der Waals surface area contributed by atoms with E-state index in [0.29, 0.717) is 0 Å². The number of nitrogens with zero attached hydrogens (tertiary/aromatic N) is 2. The van der Waals surface area contributed by atoms with Crippen LogP contribution < -0.4 is 5.32 Å². The first-order valence-corrected chi connectivity index (χ1v) is 7.48. The topological polar surface area (TPSA) is 18.5 Å². The van der Waals surface area contributed by atoms with Crippen molar-refractivity contribution >= 4 is 0 Å². The standard InChI is InChI=1S/C14H27N3/c1-3-6-17(14-9-15-10-14)13-7-11-4-5-12(8-13)16(11)2/h11-15H,3-10H2,1-2H3. The summed E-state index contributed by atoms with van der Waals surface area (Å²) in [5, 5.41) is 3.43. The first-order valence-electron chi connectivity index (χ1n) is 7.48. The molecule has 3 fully saturated rings. The fourth-order valence-corrected chi connectivity index (χ4v) is 4.08. The number of hydrogen-bond acceptors (Lipinski definition) is 3. The Morgan fingerprint density at radius 2 is 1.76 bits per heavy atom. The van der Waals surface area contributed by atoms with Gasteiger partial charge in [-0.3, -0.25) is 4.90 Å². The van der Waals surface area contributed by atoms with Crippen LogP contribution in [0, 0.1) is 0 Å². The maximum absolute atomic E-state index is 3.43. The van der Waals surface area contributed by atoms with Crippen molar-refractivity contribution in [3.63, 3.8) is 0 Å². The molecule has 3 saturated heterocycles. The summed E-state index contributed by atoms with van der Waals surface area (Å²) in [4.78, 5) is 5.48. The Balaban J connectivity index is 1.66. The van der Waals surface area contributed by atoms with E-state index in [9.17, 15) is 0 Å². The molecule has 17 heavy (non-hydrogen) atoms. The first-order chi connectivity index (χ1) is 8.29. The second-order valence-electron chi connectivity index (χ2n) is 6.23. The molecule has 2 bridgehead atoms. The molecular weight excluding hydrogens is 210 g/mol. The zero-order chi connectivity index (χ0) is 11.8. The molecule has 3 aliphatic heterocycles. The van der Waals surface area contributed by atoms with Gasteiger partial charge < -0.3 is 10.2 Å². The van der Waals surface area contributed by atoms with E-state index in [2.05, 4.69) is 29.1 Å². The maximum Gasteiger partial charge on any atom is 0.0348 e. The van der Waals surface area contributed by atoms with E-state index in [1.54, 1.807) is 0 Å². The lowest BCUT2D eigenvalue weighted by Gasteiger charge is -2.47. The Bertz CT molecular complexity index is 250. The predicted octanol–water partition coefficient (Wildman–Crippen LogP) is 1.30. The van der Waals surface area contributed by atoms with Crippen LogP contribution in [0.5, 0.6) is 0 Å². The maximum atomic E-state index is 3.43. The van der Waals surface area contributed by atoms with Crippen molar-refractivity contribution in [1.82, 2.24) is 15.1 Å². The van der Waals surface area contributed by atoms with E-state index < -0.39 is 0 Å². The van der Waals surface area contributed by atoms with Crippen molar-refractivity contribution in [2.45, 2.75) is 63.2 Å². The van der Waals surface area contributed by atoms with Crippen molar-refractivity contribution in [2.75, 3.05) is 26.7 Å². The van der Waals surface area contributed by atoms with Crippen LogP contribution in [0.25, 0.3) is 0 Å². The largest absolute Gasteiger partial charge is 0.314 e. The van der Waals surface area contributed by atoms with Crippen LogP contribution in [0.1, 0.15) is 39.0 Å². The molecule has 0 aromatic rings. The van der Waals surface area contributed by atoms with Crippen molar-refractivity contribution in [3.05, 3.63) is 0 Å². The molecule has 2 atom stereocenters. The van der Waals surface area contributed by atoms with E-state index in [1.807, 2.05) is 0 Å². The summed E-state index contributed by atoms with van der Waals surface area (Å²) in [6.45, 7) is 6.08. The molecule has 0 radical (unpaired) electrons. The molecule has 0 saturated carbocycles. The number of rotatable bonds is 4. The van der Waals surface area contributed by atoms with Crippen LogP contribution in [0.4, 0.5) is 0 Å². The highest BCUT2D eigenvalue weighted by molar-refractivity contribution is 4.99. The summed E-state index contributed by atoms with van der Waals surface area (Å²) < 4.78 is 0. The highest BCUT2D eigenvalue weighted by Gasteiger charge is 2.42. The van der Waals surface area contributed by atoms with Crippen LogP contribution in [0.2, 0.25) is 0 Å². The molecule has 3 nitrogen and oxygen atoms in total. The van der Waals surface area contributed by atoms with Gasteiger partial charge in [0.2, 0.25) is 0 Å². The molecular formula is C14H27N3. The van der Waals surface area contributed by atoms with Crippen molar-refractivity contribution in [2.24, 2.45) is 0 Å².